The number of aromatic nitrogens is 3. The highest BCUT2D eigenvalue weighted by atomic mass is 15.0. The zero-order valence-corrected chi connectivity index (χ0v) is 28.6. The first kappa shape index (κ1) is 30.6. The molecule has 1 aliphatic carbocycles. The van der Waals surface area contributed by atoms with E-state index in [0.29, 0.717) is 17.5 Å². The first-order chi connectivity index (χ1) is 25.0. The largest absolute Gasteiger partial charge is 0.208 e. The van der Waals surface area contributed by atoms with Crippen LogP contribution in [0.15, 0.2) is 176 Å². The fourth-order valence-corrected chi connectivity index (χ4v) is 7.52. The molecule has 0 N–H and O–H groups in total. The van der Waals surface area contributed by atoms with E-state index < -0.39 is 0 Å². The normalized spacial score (nSPS) is 12.7. The zero-order valence-electron chi connectivity index (χ0n) is 28.6. The molecule has 1 heterocycles. The fourth-order valence-electron chi connectivity index (χ4n) is 7.52. The van der Waals surface area contributed by atoms with Gasteiger partial charge in [-0.3, -0.25) is 0 Å². The van der Waals surface area contributed by atoms with Crippen LogP contribution in [0.1, 0.15) is 25.0 Å². The van der Waals surface area contributed by atoms with E-state index in [2.05, 4.69) is 153 Å². The lowest BCUT2D eigenvalue weighted by atomic mass is 9.82. The van der Waals surface area contributed by atoms with Crippen molar-refractivity contribution in [1.29, 1.82) is 0 Å². The van der Waals surface area contributed by atoms with E-state index in [-0.39, 0.29) is 5.41 Å². The van der Waals surface area contributed by atoms with Gasteiger partial charge < -0.3 is 0 Å². The molecule has 0 atom stereocenters. The number of fused-ring (bicyclic) bond motifs is 3. The second kappa shape index (κ2) is 12.5. The molecule has 242 valence electrons. The Kier molecular flexibility index (Phi) is 7.48. The van der Waals surface area contributed by atoms with Gasteiger partial charge in [0.05, 0.1) is 0 Å². The van der Waals surface area contributed by atoms with Gasteiger partial charge in [-0.2, -0.15) is 0 Å². The Bertz CT molecular complexity index is 2480. The van der Waals surface area contributed by atoms with Crippen molar-refractivity contribution < 1.29 is 0 Å². The van der Waals surface area contributed by atoms with Crippen LogP contribution in [0.3, 0.4) is 0 Å². The Hall–Kier alpha value is -6.45. The minimum Gasteiger partial charge on any atom is -0.208 e. The molecular formula is C48H35N3. The SMILES string of the molecule is CC1(C)c2ccccc2-c2c(-c3cc(-c4cccc(-c5ccccc5)c4)cc(-c4nc(-c5ccccc5)nc(-c5ccccc5)n4)c3)cccc21. The molecular weight excluding hydrogens is 619 g/mol. The predicted octanol–water partition coefficient (Wildman–Crippen LogP) is 12.2. The molecule has 1 aromatic heterocycles. The molecule has 0 spiro atoms. The lowest BCUT2D eigenvalue weighted by Gasteiger charge is -2.21. The van der Waals surface area contributed by atoms with E-state index in [4.69, 9.17) is 15.0 Å². The van der Waals surface area contributed by atoms with Gasteiger partial charge in [0.15, 0.2) is 17.5 Å². The van der Waals surface area contributed by atoms with Gasteiger partial charge in [0, 0.05) is 22.1 Å². The average molecular weight is 654 g/mol. The topological polar surface area (TPSA) is 38.7 Å². The molecule has 0 unspecified atom stereocenters. The molecule has 0 aliphatic heterocycles. The highest BCUT2D eigenvalue weighted by molar-refractivity contribution is 5.94. The molecule has 9 rings (SSSR count). The second-order valence-corrected chi connectivity index (χ2v) is 13.7. The Labute approximate surface area is 299 Å². The summed E-state index contributed by atoms with van der Waals surface area (Å²) >= 11 is 0. The van der Waals surface area contributed by atoms with E-state index >= 15 is 0 Å². The van der Waals surface area contributed by atoms with Crippen molar-refractivity contribution in [2.75, 3.05) is 0 Å². The lowest BCUT2D eigenvalue weighted by molar-refractivity contribution is 0.660. The number of hydrogen-bond donors (Lipinski definition) is 0. The summed E-state index contributed by atoms with van der Waals surface area (Å²) in [5.74, 6) is 1.93. The molecule has 3 nitrogen and oxygen atoms in total. The average Bonchev–Trinajstić information content (AvgIpc) is 3.44. The monoisotopic (exact) mass is 653 g/mol. The van der Waals surface area contributed by atoms with Crippen molar-refractivity contribution in [3.63, 3.8) is 0 Å². The van der Waals surface area contributed by atoms with Crippen molar-refractivity contribution in [3.05, 3.63) is 187 Å². The molecule has 0 bridgehead atoms. The summed E-state index contributed by atoms with van der Waals surface area (Å²) in [5.41, 5.74) is 15.0. The quantitative estimate of drug-likeness (QED) is 0.179. The molecule has 0 saturated heterocycles. The highest BCUT2D eigenvalue weighted by Gasteiger charge is 2.36. The molecule has 0 amide bonds. The standard InChI is InChI=1S/C48H35N3/c1-48(2)42-26-13-12-24-41(42)44-40(25-15-27-43(44)48)38-29-37(36-23-14-22-35(28-36)32-16-6-3-7-17-32)30-39(31-38)47-50-45(33-18-8-4-9-19-33)49-46(51-47)34-20-10-5-11-21-34/h3-31H,1-2H3. The molecule has 0 radical (unpaired) electrons. The molecule has 51 heavy (non-hydrogen) atoms. The minimum absolute atomic E-state index is 0.101. The minimum atomic E-state index is -0.101. The Morgan fingerprint density at radius 2 is 0.725 bits per heavy atom. The first-order valence-corrected chi connectivity index (χ1v) is 17.4. The summed E-state index contributed by atoms with van der Waals surface area (Å²) in [6.45, 7) is 4.67. The van der Waals surface area contributed by atoms with Crippen molar-refractivity contribution in [1.82, 2.24) is 15.0 Å². The maximum absolute atomic E-state index is 5.14. The van der Waals surface area contributed by atoms with Gasteiger partial charge in [-0.15, -0.1) is 0 Å². The van der Waals surface area contributed by atoms with E-state index in [0.717, 1.165) is 33.4 Å². The Balaban J connectivity index is 1.30. The van der Waals surface area contributed by atoms with Gasteiger partial charge in [0.1, 0.15) is 0 Å². The summed E-state index contributed by atoms with van der Waals surface area (Å²) in [4.78, 5) is 15.3. The number of nitrogens with zero attached hydrogens (tertiary/aromatic N) is 3. The van der Waals surface area contributed by atoms with Gasteiger partial charge in [0.25, 0.3) is 0 Å². The van der Waals surface area contributed by atoms with Crippen LogP contribution in [-0.4, -0.2) is 15.0 Å². The van der Waals surface area contributed by atoms with Crippen LogP contribution < -0.4 is 0 Å². The summed E-state index contributed by atoms with van der Waals surface area (Å²) in [6.07, 6.45) is 0. The fraction of sp³-hybridized carbons (Fsp3) is 0.0625. The highest BCUT2D eigenvalue weighted by Crippen LogP contribution is 2.52. The maximum Gasteiger partial charge on any atom is 0.164 e. The van der Waals surface area contributed by atoms with Crippen LogP contribution in [0, 0.1) is 0 Å². The van der Waals surface area contributed by atoms with Crippen LogP contribution in [0.5, 0.6) is 0 Å². The van der Waals surface area contributed by atoms with Crippen LogP contribution >= 0.6 is 0 Å². The first-order valence-electron chi connectivity index (χ1n) is 17.4. The summed E-state index contributed by atoms with van der Waals surface area (Å²) in [5, 5.41) is 0. The molecule has 3 heteroatoms. The van der Waals surface area contributed by atoms with Gasteiger partial charge in [0.2, 0.25) is 0 Å². The van der Waals surface area contributed by atoms with Crippen molar-refractivity contribution in [3.8, 4) is 78.7 Å². The Morgan fingerprint density at radius 3 is 1.37 bits per heavy atom. The third kappa shape index (κ3) is 5.53. The molecule has 8 aromatic rings. The molecule has 1 aliphatic rings. The van der Waals surface area contributed by atoms with Crippen LogP contribution in [0.2, 0.25) is 0 Å². The number of hydrogen-bond acceptors (Lipinski definition) is 3. The summed E-state index contributed by atoms with van der Waals surface area (Å²) in [6, 6.07) is 62.1. The van der Waals surface area contributed by atoms with Crippen molar-refractivity contribution >= 4 is 0 Å². The van der Waals surface area contributed by atoms with Gasteiger partial charge in [-0.05, 0) is 79.9 Å². The lowest BCUT2D eigenvalue weighted by Crippen LogP contribution is -2.14. The molecule has 0 saturated carbocycles. The number of rotatable bonds is 6. The Morgan fingerprint density at radius 1 is 0.314 bits per heavy atom. The van der Waals surface area contributed by atoms with E-state index in [1.54, 1.807) is 0 Å². The van der Waals surface area contributed by atoms with Crippen LogP contribution in [0.25, 0.3) is 78.7 Å². The number of benzene rings is 7. The summed E-state index contributed by atoms with van der Waals surface area (Å²) < 4.78 is 0. The van der Waals surface area contributed by atoms with Crippen LogP contribution in [0.4, 0.5) is 0 Å². The third-order valence-electron chi connectivity index (χ3n) is 10.1. The zero-order chi connectivity index (χ0) is 34.4. The van der Waals surface area contributed by atoms with E-state index in [1.165, 1.54) is 38.9 Å². The maximum atomic E-state index is 5.14. The molecule has 7 aromatic carbocycles. The molecule has 0 fully saturated rings. The van der Waals surface area contributed by atoms with Gasteiger partial charge >= 0.3 is 0 Å². The van der Waals surface area contributed by atoms with Gasteiger partial charge in [-0.25, -0.2) is 15.0 Å². The van der Waals surface area contributed by atoms with E-state index in [1.807, 2.05) is 36.4 Å². The smallest absolute Gasteiger partial charge is 0.164 e. The van der Waals surface area contributed by atoms with Crippen LogP contribution in [-0.2, 0) is 5.41 Å². The predicted molar refractivity (Wildman–Crippen MR) is 210 cm³/mol. The van der Waals surface area contributed by atoms with Crippen molar-refractivity contribution in [2.45, 2.75) is 19.3 Å². The third-order valence-corrected chi connectivity index (χ3v) is 10.1. The van der Waals surface area contributed by atoms with E-state index in [9.17, 15) is 0 Å². The summed E-state index contributed by atoms with van der Waals surface area (Å²) in [7, 11) is 0. The second-order valence-electron chi connectivity index (χ2n) is 13.7. The van der Waals surface area contributed by atoms with Crippen molar-refractivity contribution in [2.24, 2.45) is 0 Å². The van der Waals surface area contributed by atoms with Gasteiger partial charge in [-0.1, -0.05) is 166 Å².